The predicted octanol–water partition coefficient (Wildman–Crippen LogP) is 2.08. The molecule has 0 unspecified atom stereocenters. The van der Waals surface area contributed by atoms with Crippen molar-refractivity contribution in [3.8, 4) is 0 Å². The number of hydrogen-bond donors (Lipinski definition) is 2. The number of carbonyl (C=O) groups is 2. The van der Waals surface area contributed by atoms with Crippen LogP contribution in [0.15, 0.2) is 23.1 Å². The number of carbonyl (C=O) groups excluding carboxylic acids is 2. The smallest absolute Gasteiger partial charge is 0.305 e. The lowest BCUT2D eigenvalue weighted by molar-refractivity contribution is -0.140. The number of thioether (sulfide) groups is 1. The van der Waals surface area contributed by atoms with Crippen molar-refractivity contribution in [2.45, 2.75) is 17.7 Å². The molecule has 0 aliphatic carbocycles. The summed E-state index contributed by atoms with van der Waals surface area (Å²) in [6.07, 6.45) is 0.861. The van der Waals surface area contributed by atoms with Gasteiger partial charge in [0, 0.05) is 23.5 Å². The van der Waals surface area contributed by atoms with Crippen LogP contribution >= 0.6 is 23.4 Å². The summed E-state index contributed by atoms with van der Waals surface area (Å²) < 4.78 is 4.50. The van der Waals surface area contributed by atoms with Gasteiger partial charge in [0.05, 0.1) is 17.9 Å². The van der Waals surface area contributed by atoms with Gasteiger partial charge in [-0.2, -0.15) is 0 Å². The van der Waals surface area contributed by atoms with Gasteiger partial charge in [-0.25, -0.2) is 0 Å². The van der Waals surface area contributed by atoms with E-state index in [4.69, 9.17) is 17.3 Å². The van der Waals surface area contributed by atoms with E-state index >= 15 is 0 Å². The second-order valence-corrected chi connectivity index (χ2v) is 5.43. The van der Waals surface area contributed by atoms with Crippen molar-refractivity contribution in [1.29, 1.82) is 0 Å². The zero-order chi connectivity index (χ0) is 15.0. The van der Waals surface area contributed by atoms with Crippen molar-refractivity contribution >= 4 is 40.9 Å². The van der Waals surface area contributed by atoms with Gasteiger partial charge >= 0.3 is 5.97 Å². The minimum atomic E-state index is -0.276. The first-order valence-corrected chi connectivity index (χ1v) is 7.40. The molecule has 0 aliphatic rings. The SMILES string of the molecule is COC(=O)CCCNC(=O)CSc1ccc(N)cc1Cl. The number of benzene rings is 1. The highest BCUT2D eigenvalue weighted by atomic mass is 35.5. The third-order valence-corrected chi connectivity index (χ3v) is 3.92. The van der Waals surface area contributed by atoms with E-state index in [0.717, 1.165) is 4.90 Å². The molecule has 0 radical (unpaired) electrons. The molecule has 20 heavy (non-hydrogen) atoms. The third-order valence-electron chi connectivity index (χ3n) is 2.42. The number of amides is 1. The minimum absolute atomic E-state index is 0.104. The Morgan fingerprint density at radius 2 is 2.20 bits per heavy atom. The number of esters is 1. The standard InChI is InChI=1S/C13H17ClN2O3S/c1-19-13(18)3-2-6-16-12(17)8-20-11-5-4-9(15)7-10(11)14/h4-5,7H,2-3,6,8,15H2,1H3,(H,16,17). The molecule has 5 nitrogen and oxygen atoms in total. The van der Waals surface area contributed by atoms with Crippen molar-refractivity contribution < 1.29 is 14.3 Å². The van der Waals surface area contributed by atoms with Gasteiger partial charge in [-0.15, -0.1) is 11.8 Å². The summed E-state index contributed by atoms with van der Waals surface area (Å²) in [6.45, 7) is 0.448. The second-order valence-electron chi connectivity index (χ2n) is 4.01. The van der Waals surface area contributed by atoms with Crippen molar-refractivity contribution in [3.63, 3.8) is 0 Å². The Labute approximate surface area is 127 Å². The van der Waals surface area contributed by atoms with E-state index < -0.39 is 0 Å². The van der Waals surface area contributed by atoms with Gasteiger partial charge < -0.3 is 15.8 Å². The van der Waals surface area contributed by atoms with E-state index in [1.807, 2.05) is 0 Å². The minimum Gasteiger partial charge on any atom is -0.469 e. The fourth-order valence-electron chi connectivity index (χ4n) is 1.39. The molecule has 7 heteroatoms. The van der Waals surface area contributed by atoms with E-state index in [9.17, 15) is 9.59 Å². The third kappa shape index (κ3) is 6.16. The summed E-state index contributed by atoms with van der Waals surface area (Å²) in [7, 11) is 1.34. The highest BCUT2D eigenvalue weighted by Crippen LogP contribution is 2.28. The van der Waals surface area contributed by atoms with E-state index in [1.54, 1.807) is 18.2 Å². The van der Waals surface area contributed by atoms with E-state index in [0.29, 0.717) is 30.1 Å². The molecule has 0 saturated heterocycles. The largest absolute Gasteiger partial charge is 0.469 e. The number of methoxy groups -OCH3 is 1. The molecule has 0 spiro atoms. The molecule has 1 aromatic rings. The van der Waals surface area contributed by atoms with Gasteiger partial charge in [0.1, 0.15) is 0 Å². The normalized spacial score (nSPS) is 10.1. The number of rotatable bonds is 7. The summed E-state index contributed by atoms with van der Waals surface area (Å²) >= 11 is 7.35. The summed E-state index contributed by atoms with van der Waals surface area (Å²) in [6, 6.07) is 5.17. The van der Waals surface area contributed by atoms with Crippen LogP contribution in [0.2, 0.25) is 5.02 Å². The molecule has 0 aliphatic heterocycles. The molecular weight excluding hydrogens is 300 g/mol. The molecule has 1 aromatic carbocycles. The topological polar surface area (TPSA) is 81.4 Å². The Bertz CT molecular complexity index is 483. The van der Waals surface area contributed by atoms with Gasteiger partial charge in [0.15, 0.2) is 0 Å². The van der Waals surface area contributed by atoms with Crippen LogP contribution in [0.5, 0.6) is 0 Å². The highest BCUT2D eigenvalue weighted by molar-refractivity contribution is 8.00. The molecule has 1 amide bonds. The fraction of sp³-hybridized carbons (Fsp3) is 0.385. The molecule has 110 valence electrons. The summed E-state index contributed by atoms with van der Waals surface area (Å²) in [4.78, 5) is 23.3. The molecule has 3 N–H and O–H groups in total. The van der Waals surface area contributed by atoms with Crippen molar-refractivity contribution in [2.24, 2.45) is 0 Å². The Hall–Kier alpha value is -1.40. The quantitative estimate of drug-likeness (QED) is 0.348. The summed E-state index contributed by atoms with van der Waals surface area (Å²) in [5.74, 6) is -0.114. The predicted molar refractivity (Wildman–Crippen MR) is 80.8 cm³/mol. The van der Waals surface area contributed by atoms with Gasteiger partial charge in [0.25, 0.3) is 0 Å². The molecular formula is C13H17ClN2O3S. The lowest BCUT2D eigenvalue weighted by atomic mass is 10.3. The number of nitrogen functional groups attached to an aromatic ring is 1. The van der Waals surface area contributed by atoms with Crippen molar-refractivity contribution in [2.75, 3.05) is 25.1 Å². The second kappa shape index (κ2) is 8.71. The van der Waals surface area contributed by atoms with Crippen LogP contribution in [0.1, 0.15) is 12.8 Å². The first-order chi connectivity index (χ1) is 9.52. The monoisotopic (exact) mass is 316 g/mol. The van der Waals surface area contributed by atoms with Gasteiger partial charge in [0.2, 0.25) is 5.91 Å². The molecule has 1 rings (SSSR count). The fourth-order valence-corrected chi connectivity index (χ4v) is 2.49. The zero-order valence-electron chi connectivity index (χ0n) is 11.1. The van der Waals surface area contributed by atoms with Crippen molar-refractivity contribution in [3.05, 3.63) is 23.2 Å². The average Bonchev–Trinajstić information content (AvgIpc) is 2.42. The lowest BCUT2D eigenvalue weighted by Crippen LogP contribution is -2.26. The Morgan fingerprint density at radius 1 is 1.45 bits per heavy atom. The number of hydrogen-bond acceptors (Lipinski definition) is 5. The van der Waals surface area contributed by atoms with Crippen LogP contribution in [-0.4, -0.2) is 31.3 Å². The van der Waals surface area contributed by atoms with Crippen LogP contribution in [-0.2, 0) is 14.3 Å². The lowest BCUT2D eigenvalue weighted by Gasteiger charge is -2.06. The number of anilines is 1. The molecule has 0 aromatic heterocycles. The molecule has 0 bridgehead atoms. The Kier molecular flexibility index (Phi) is 7.25. The molecule has 0 saturated carbocycles. The maximum Gasteiger partial charge on any atom is 0.305 e. The maximum absolute atomic E-state index is 11.6. The van der Waals surface area contributed by atoms with E-state index in [1.165, 1.54) is 18.9 Å². The van der Waals surface area contributed by atoms with Crippen LogP contribution in [0, 0.1) is 0 Å². The average molecular weight is 317 g/mol. The summed E-state index contributed by atoms with van der Waals surface area (Å²) in [5, 5.41) is 3.26. The van der Waals surface area contributed by atoms with Gasteiger partial charge in [-0.1, -0.05) is 11.6 Å². The van der Waals surface area contributed by atoms with Gasteiger partial charge in [-0.3, -0.25) is 9.59 Å². The highest BCUT2D eigenvalue weighted by Gasteiger charge is 2.06. The number of ether oxygens (including phenoxy) is 1. The van der Waals surface area contributed by atoms with Gasteiger partial charge in [-0.05, 0) is 24.6 Å². The Balaban J connectivity index is 2.24. The molecule has 0 fully saturated rings. The zero-order valence-corrected chi connectivity index (χ0v) is 12.7. The van der Waals surface area contributed by atoms with Crippen LogP contribution < -0.4 is 11.1 Å². The number of nitrogens with one attached hydrogen (secondary N) is 1. The molecule has 0 atom stereocenters. The first kappa shape index (κ1) is 16.7. The van der Waals surface area contributed by atoms with Crippen molar-refractivity contribution in [1.82, 2.24) is 5.32 Å². The van der Waals surface area contributed by atoms with Crippen LogP contribution in [0.4, 0.5) is 5.69 Å². The van der Waals surface area contributed by atoms with Crippen LogP contribution in [0.3, 0.4) is 0 Å². The maximum atomic E-state index is 11.6. The van der Waals surface area contributed by atoms with Crippen LogP contribution in [0.25, 0.3) is 0 Å². The first-order valence-electron chi connectivity index (χ1n) is 6.04. The Morgan fingerprint density at radius 3 is 2.85 bits per heavy atom. The number of halogens is 1. The number of nitrogens with two attached hydrogens (primary N) is 1. The van der Waals surface area contributed by atoms with E-state index in [-0.39, 0.29) is 17.6 Å². The molecule has 0 heterocycles. The summed E-state index contributed by atoms with van der Waals surface area (Å²) in [5.41, 5.74) is 6.18. The van der Waals surface area contributed by atoms with E-state index in [2.05, 4.69) is 10.1 Å².